The Balaban J connectivity index is 1.51. The first kappa shape index (κ1) is 20.4. The number of carbonyl (C=O) groups excluding carboxylic acids is 1. The highest BCUT2D eigenvalue weighted by molar-refractivity contribution is 7.89. The topological polar surface area (TPSA) is 92.5 Å². The summed E-state index contributed by atoms with van der Waals surface area (Å²) >= 11 is 12.2. The lowest BCUT2D eigenvalue weighted by molar-refractivity contribution is 0.0824. The third-order valence-electron chi connectivity index (χ3n) is 5.26. The molecule has 2 atom stereocenters. The number of nitrogens with two attached hydrogens (primary N) is 1. The Kier molecular flexibility index (Phi) is 5.44. The summed E-state index contributed by atoms with van der Waals surface area (Å²) in [4.78, 5) is 14.5. The number of amides is 1. The van der Waals surface area contributed by atoms with Crippen LogP contribution in [-0.4, -0.2) is 38.4 Å². The molecule has 0 saturated carbocycles. The van der Waals surface area contributed by atoms with Crippen molar-refractivity contribution in [3.8, 4) is 0 Å². The average molecular weight is 452 g/mol. The molecular formula is C20H19Cl2N3O3S. The van der Waals surface area contributed by atoms with Crippen LogP contribution in [0.3, 0.4) is 0 Å². The molecule has 2 aromatic rings. The van der Waals surface area contributed by atoms with E-state index in [0.717, 1.165) is 18.5 Å². The second-order valence-corrected chi connectivity index (χ2v) is 9.73. The highest BCUT2D eigenvalue weighted by Gasteiger charge is 2.37. The van der Waals surface area contributed by atoms with E-state index >= 15 is 0 Å². The fraction of sp³-hybridized carbons (Fsp3) is 0.250. The van der Waals surface area contributed by atoms with Gasteiger partial charge in [0.1, 0.15) is 0 Å². The Bertz CT molecular complexity index is 1080. The second kappa shape index (κ2) is 7.74. The molecule has 1 unspecified atom stereocenters. The summed E-state index contributed by atoms with van der Waals surface area (Å²) in [6.45, 7) is 1.38. The number of nitrogens with one attached hydrogen (secondary N) is 1. The van der Waals surface area contributed by atoms with Gasteiger partial charge in [0, 0.05) is 46.9 Å². The predicted octanol–water partition coefficient (Wildman–Crippen LogP) is 2.81. The van der Waals surface area contributed by atoms with Gasteiger partial charge >= 0.3 is 0 Å². The van der Waals surface area contributed by atoms with E-state index in [1.807, 2.05) is 18.3 Å². The molecule has 3 N–H and O–H groups in total. The Morgan fingerprint density at radius 3 is 2.41 bits per heavy atom. The van der Waals surface area contributed by atoms with Gasteiger partial charge in [0.25, 0.3) is 5.91 Å². The van der Waals surface area contributed by atoms with Gasteiger partial charge in [-0.15, -0.1) is 0 Å². The predicted molar refractivity (Wildman–Crippen MR) is 112 cm³/mol. The van der Waals surface area contributed by atoms with Crippen molar-refractivity contribution in [2.45, 2.75) is 17.4 Å². The lowest BCUT2D eigenvalue weighted by atomic mass is 9.96. The maximum absolute atomic E-state index is 12.8. The van der Waals surface area contributed by atoms with Gasteiger partial charge in [-0.25, -0.2) is 13.6 Å². The summed E-state index contributed by atoms with van der Waals surface area (Å²) in [7, 11) is -3.78. The summed E-state index contributed by atoms with van der Waals surface area (Å²) in [5.41, 5.74) is 2.63. The van der Waals surface area contributed by atoms with Crippen LogP contribution < -0.4 is 10.5 Å². The van der Waals surface area contributed by atoms with Crippen LogP contribution in [0.5, 0.6) is 0 Å². The zero-order chi connectivity index (χ0) is 20.8. The zero-order valence-electron chi connectivity index (χ0n) is 15.3. The van der Waals surface area contributed by atoms with Crippen LogP contribution in [0.4, 0.5) is 0 Å². The van der Waals surface area contributed by atoms with Crippen LogP contribution in [0, 0.1) is 5.92 Å². The van der Waals surface area contributed by atoms with Crippen molar-refractivity contribution in [2.75, 3.05) is 13.1 Å². The minimum Gasteiger partial charge on any atom is -0.314 e. The molecule has 29 heavy (non-hydrogen) atoms. The molecule has 0 spiro atoms. The summed E-state index contributed by atoms with van der Waals surface area (Å²) in [5, 5.41) is 9.80. The van der Waals surface area contributed by atoms with Crippen LogP contribution in [0.2, 0.25) is 10.0 Å². The maximum atomic E-state index is 12.8. The number of hydrogen-bond donors (Lipinski definition) is 2. The fourth-order valence-corrected chi connectivity index (χ4v) is 4.98. The third-order valence-corrected chi connectivity index (χ3v) is 6.62. The smallest absolute Gasteiger partial charge is 0.257 e. The van der Waals surface area contributed by atoms with Gasteiger partial charge in [0.2, 0.25) is 10.0 Å². The lowest BCUT2D eigenvalue weighted by Gasteiger charge is -2.16. The van der Waals surface area contributed by atoms with Gasteiger partial charge in [-0.3, -0.25) is 4.79 Å². The first-order valence-electron chi connectivity index (χ1n) is 9.04. The quantitative estimate of drug-likeness (QED) is 0.747. The molecule has 4 rings (SSSR count). The number of sulfonamides is 1. The second-order valence-electron chi connectivity index (χ2n) is 7.30. The molecule has 0 radical (unpaired) electrons. The Hall–Kier alpha value is -1.90. The SMILES string of the molecule is NS(=O)(=O)c1ccc(C(=O)N2C=C3C(Cc4cc(Cl)cc(Cl)c4)NC[C@@H]3C2)cc1. The first-order valence-corrected chi connectivity index (χ1v) is 11.3. The molecule has 9 heteroatoms. The summed E-state index contributed by atoms with van der Waals surface area (Å²) < 4.78 is 22.8. The minimum atomic E-state index is -3.78. The van der Waals surface area contributed by atoms with Crippen LogP contribution in [0.25, 0.3) is 0 Å². The number of carbonyl (C=O) groups is 1. The summed E-state index contributed by atoms with van der Waals surface area (Å²) in [6, 6.07) is 11.3. The van der Waals surface area contributed by atoms with Gasteiger partial charge in [-0.05, 0) is 60.0 Å². The molecule has 2 heterocycles. The van der Waals surface area contributed by atoms with E-state index in [1.54, 1.807) is 11.0 Å². The molecule has 2 aliphatic heterocycles. The third kappa shape index (κ3) is 4.34. The monoisotopic (exact) mass is 451 g/mol. The van der Waals surface area contributed by atoms with Gasteiger partial charge in [-0.2, -0.15) is 0 Å². The molecule has 0 aromatic heterocycles. The standard InChI is InChI=1S/C20H19Cl2N3O3S/c21-15-5-12(6-16(22)8-15)7-19-18-11-25(10-14(18)9-24-19)20(26)13-1-3-17(4-2-13)29(23,27)28/h1-6,8,11,14,19,24H,7,9-10H2,(H2,23,27,28)/t14-,19?/m1/s1. The minimum absolute atomic E-state index is 0.0184. The molecule has 152 valence electrons. The number of nitrogens with zero attached hydrogens (tertiary/aromatic N) is 1. The molecule has 6 nitrogen and oxygen atoms in total. The van der Waals surface area contributed by atoms with Crippen molar-refractivity contribution >= 4 is 39.1 Å². The number of primary sulfonamides is 1. The maximum Gasteiger partial charge on any atom is 0.257 e. The molecule has 1 fully saturated rings. The highest BCUT2D eigenvalue weighted by Crippen LogP contribution is 2.32. The van der Waals surface area contributed by atoms with Crippen LogP contribution in [0.1, 0.15) is 15.9 Å². The fourth-order valence-electron chi connectivity index (χ4n) is 3.89. The molecule has 2 aromatic carbocycles. The van der Waals surface area contributed by atoms with Crippen molar-refractivity contribution in [1.82, 2.24) is 10.2 Å². The molecule has 2 aliphatic rings. The van der Waals surface area contributed by atoms with Crippen LogP contribution in [0.15, 0.2) is 59.1 Å². The number of rotatable bonds is 4. The highest BCUT2D eigenvalue weighted by atomic mass is 35.5. The van der Waals surface area contributed by atoms with Crippen molar-refractivity contribution in [3.05, 3.63) is 75.4 Å². The van der Waals surface area contributed by atoms with Crippen molar-refractivity contribution in [3.63, 3.8) is 0 Å². The van der Waals surface area contributed by atoms with Crippen LogP contribution >= 0.6 is 23.2 Å². The van der Waals surface area contributed by atoms with Gasteiger partial charge in [0.15, 0.2) is 0 Å². The number of halogens is 2. The van der Waals surface area contributed by atoms with E-state index in [-0.39, 0.29) is 22.8 Å². The Morgan fingerprint density at radius 2 is 1.79 bits per heavy atom. The van der Waals surface area contributed by atoms with Crippen LogP contribution in [-0.2, 0) is 16.4 Å². The van der Waals surface area contributed by atoms with E-state index in [2.05, 4.69) is 5.32 Å². The Morgan fingerprint density at radius 1 is 1.14 bits per heavy atom. The normalized spacial score (nSPS) is 21.2. The summed E-state index contributed by atoms with van der Waals surface area (Å²) in [6.07, 6.45) is 2.63. The number of hydrogen-bond acceptors (Lipinski definition) is 4. The van der Waals surface area contributed by atoms with E-state index in [1.165, 1.54) is 29.8 Å². The largest absolute Gasteiger partial charge is 0.314 e. The molecular weight excluding hydrogens is 433 g/mol. The van der Waals surface area contributed by atoms with Crippen molar-refractivity contribution < 1.29 is 13.2 Å². The van der Waals surface area contributed by atoms with Gasteiger partial charge < -0.3 is 10.2 Å². The Labute approximate surface area is 179 Å². The molecule has 1 saturated heterocycles. The molecule has 1 amide bonds. The van der Waals surface area contributed by atoms with E-state index < -0.39 is 10.0 Å². The van der Waals surface area contributed by atoms with Crippen molar-refractivity contribution in [2.24, 2.45) is 11.1 Å². The average Bonchev–Trinajstić information content (AvgIpc) is 3.22. The van der Waals surface area contributed by atoms with E-state index in [9.17, 15) is 13.2 Å². The first-order chi connectivity index (χ1) is 13.7. The van der Waals surface area contributed by atoms with E-state index in [0.29, 0.717) is 22.2 Å². The van der Waals surface area contributed by atoms with Crippen molar-refractivity contribution in [1.29, 1.82) is 0 Å². The van der Waals surface area contributed by atoms with Gasteiger partial charge in [0.05, 0.1) is 4.90 Å². The zero-order valence-corrected chi connectivity index (χ0v) is 17.6. The summed E-state index contributed by atoms with van der Waals surface area (Å²) in [5.74, 6) is 0.0831. The molecule has 0 aliphatic carbocycles. The van der Waals surface area contributed by atoms with Gasteiger partial charge in [-0.1, -0.05) is 23.2 Å². The lowest BCUT2D eigenvalue weighted by Crippen LogP contribution is -2.30. The number of benzene rings is 2. The van der Waals surface area contributed by atoms with E-state index in [4.69, 9.17) is 28.3 Å². The molecule has 0 bridgehead atoms. The number of fused-ring (bicyclic) bond motifs is 1.